The number of carbonyl (C=O) groups excluding carboxylic acids is 2. The fourth-order valence-corrected chi connectivity index (χ4v) is 4.41. The Hall–Kier alpha value is -1.79. The van der Waals surface area contributed by atoms with E-state index in [2.05, 4.69) is 53.3 Å². The maximum Gasteiger partial charge on any atom is 0.242 e. The third-order valence-electron chi connectivity index (χ3n) is 4.43. The van der Waals surface area contributed by atoms with Crippen LogP contribution in [0.15, 0.2) is 46.9 Å². The van der Waals surface area contributed by atoms with E-state index in [1.807, 2.05) is 24.3 Å². The van der Waals surface area contributed by atoms with Crippen molar-refractivity contribution in [2.45, 2.75) is 39.1 Å². The van der Waals surface area contributed by atoms with Crippen LogP contribution in [0.2, 0.25) is 0 Å². The van der Waals surface area contributed by atoms with Gasteiger partial charge in [-0.05, 0) is 44.0 Å². The van der Waals surface area contributed by atoms with E-state index in [0.717, 1.165) is 15.8 Å². The molecule has 2 rings (SSSR count). The molecule has 0 bridgehead atoms. The number of thioether (sulfide) groups is 1. The molecule has 0 unspecified atom stereocenters. The Labute approximate surface area is 180 Å². The highest BCUT2D eigenvalue weighted by Crippen LogP contribution is 2.19. The first kappa shape index (κ1) is 22.5. The molecule has 0 aromatic heterocycles. The van der Waals surface area contributed by atoms with Gasteiger partial charge in [-0.25, -0.2) is 0 Å². The Bertz CT molecular complexity index is 821. The second-order valence-electron chi connectivity index (χ2n) is 6.93. The molecular weight excluding hydrogens is 436 g/mol. The number of nitrogens with zero attached hydrogens (tertiary/aromatic N) is 1. The molecule has 2 amide bonds. The average Bonchev–Trinajstić information content (AvgIpc) is 2.64. The van der Waals surface area contributed by atoms with Crippen LogP contribution in [0, 0.1) is 13.8 Å². The van der Waals surface area contributed by atoms with Crippen LogP contribution in [0.5, 0.6) is 0 Å². The van der Waals surface area contributed by atoms with Gasteiger partial charge in [0.05, 0.1) is 5.75 Å². The topological polar surface area (TPSA) is 49.4 Å². The number of benzene rings is 2. The van der Waals surface area contributed by atoms with Gasteiger partial charge in [-0.15, -0.1) is 11.8 Å². The molecule has 1 N–H and O–H groups in total. The minimum absolute atomic E-state index is 0.0366. The molecule has 0 fully saturated rings. The first-order chi connectivity index (χ1) is 13.3. The summed E-state index contributed by atoms with van der Waals surface area (Å²) in [5.41, 5.74) is 4.66. The van der Waals surface area contributed by atoms with Gasteiger partial charge in [0.25, 0.3) is 0 Å². The Morgan fingerprint density at radius 3 is 2.39 bits per heavy atom. The molecule has 0 radical (unpaired) electrons. The van der Waals surface area contributed by atoms with Crippen LogP contribution >= 0.6 is 27.7 Å². The number of aryl methyl sites for hydroxylation is 2. The fourth-order valence-electron chi connectivity index (χ4n) is 3.11. The summed E-state index contributed by atoms with van der Waals surface area (Å²) in [6, 6.07) is 13.7. The molecule has 0 saturated carbocycles. The highest BCUT2D eigenvalue weighted by molar-refractivity contribution is 9.10. The number of likely N-dealkylation sites (N-methyl/N-ethyl adjacent to an activating group) is 1. The van der Waals surface area contributed by atoms with Crippen LogP contribution in [0.25, 0.3) is 0 Å². The second kappa shape index (κ2) is 10.7. The summed E-state index contributed by atoms with van der Waals surface area (Å²) in [6.07, 6.45) is 0. The van der Waals surface area contributed by atoms with Crippen LogP contribution in [0.1, 0.15) is 29.2 Å². The Morgan fingerprint density at radius 1 is 1.11 bits per heavy atom. The molecule has 6 heteroatoms. The summed E-state index contributed by atoms with van der Waals surface area (Å²) >= 11 is 5.04. The van der Waals surface area contributed by atoms with Crippen LogP contribution in [0.3, 0.4) is 0 Å². The molecular formula is C22H27BrN2O2S. The largest absolute Gasteiger partial charge is 0.357 e. The van der Waals surface area contributed by atoms with Crippen molar-refractivity contribution in [3.63, 3.8) is 0 Å². The summed E-state index contributed by atoms with van der Waals surface area (Å²) < 4.78 is 0.953. The zero-order valence-electron chi connectivity index (χ0n) is 16.8. The molecule has 4 nitrogen and oxygen atoms in total. The van der Waals surface area contributed by atoms with Crippen molar-refractivity contribution >= 4 is 39.5 Å². The van der Waals surface area contributed by atoms with E-state index in [9.17, 15) is 9.59 Å². The first-order valence-corrected chi connectivity index (χ1v) is 11.2. The minimum Gasteiger partial charge on any atom is -0.357 e. The van der Waals surface area contributed by atoms with Gasteiger partial charge in [-0.1, -0.05) is 57.4 Å². The van der Waals surface area contributed by atoms with Crippen LogP contribution < -0.4 is 5.32 Å². The highest BCUT2D eigenvalue weighted by atomic mass is 79.9. The third-order valence-corrected chi connectivity index (χ3v) is 5.91. The van der Waals surface area contributed by atoms with E-state index in [-0.39, 0.29) is 11.8 Å². The van der Waals surface area contributed by atoms with Crippen molar-refractivity contribution in [1.29, 1.82) is 0 Å². The minimum atomic E-state index is -0.529. The number of amides is 2. The molecule has 28 heavy (non-hydrogen) atoms. The van der Waals surface area contributed by atoms with Gasteiger partial charge in [-0.2, -0.15) is 0 Å². The molecule has 0 heterocycles. The first-order valence-electron chi connectivity index (χ1n) is 9.20. The molecule has 150 valence electrons. The van der Waals surface area contributed by atoms with Crippen molar-refractivity contribution in [2.24, 2.45) is 0 Å². The van der Waals surface area contributed by atoms with Crippen molar-refractivity contribution in [3.8, 4) is 0 Å². The van der Waals surface area contributed by atoms with Crippen molar-refractivity contribution in [3.05, 3.63) is 69.2 Å². The number of hydrogen-bond donors (Lipinski definition) is 1. The van der Waals surface area contributed by atoms with Gasteiger partial charge in [0.1, 0.15) is 6.04 Å². The van der Waals surface area contributed by atoms with Gasteiger partial charge >= 0.3 is 0 Å². The Morgan fingerprint density at radius 2 is 1.79 bits per heavy atom. The SMILES string of the molecule is CNC(=O)[C@@H](C)N(Cc1cccc(Br)c1)C(=O)CSCc1cc(C)cc(C)c1. The third kappa shape index (κ3) is 6.67. The maximum absolute atomic E-state index is 12.9. The van der Waals surface area contributed by atoms with Crippen LogP contribution in [-0.4, -0.2) is 35.6 Å². The standard InChI is InChI=1S/C22H27BrN2O2S/c1-15-8-16(2)10-19(9-15)13-28-14-21(26)25(17(3)22(27)24-4)12-18-6-5-7-20(23)11-18/h5-11,17H,12-14H2,1-4H3,(H,24,27)/t17-/m1/s1. The lowest BCUT2D eigenvalue weighted by molar-refractivity contribution is -0.138. The average molecular weight is 463 g/mol. The van der Waals surface area contributed by atoms with Crippen LogP contribution in [-0.2, 0) is 21.9 Å². The quantitative estimate of drug-likeness (QED) is 0.629. The predicted octanol–water partition coefficient (Wildman–Crippen LogP) is 4.46. The Kier molecular flexibility index (Phi) is 8.58. The van der Waals surface area contributed by atoms with Crippen molar-refractivity contribution in [1.82, 2.24) is 10.2 Å². The van der Waals surface area contributed by atoms with Gasteiger partial charge in [-0.3, -0.25) is 9.59 Å². The summed E-state index contributed by atoms with van der Waals surface area (Å²) in [5, 5.41) is 2.64. The number of carbonyl (C=O) groups is 2. The van der Waals surface area contributed by atoms with E-state index in [4.69, 9.17) is 0 Å². The van der Waals surface area contributed by atoms with Gasteiger partial charge in [0, 0.05) is 23.8 Å². The van der Waals surface area contributed by atoms with Crippen molar-refractivity contribution in [2.75, 3.05) is 12.8 Å². The molecule has 2 aromatic carbocycles. The molecule has 0 aliphatic heterocycles. The van der Waals surface area contributed by atoms with Crippen LogP contribution in [0.4, 0.5) is 0 Å². The number of rotatable bonds is 8. The van der Waals surface area contributed by atoms with E-state index >= 15 is 0 Å². The maximum atomic E-state index is 12.9. The van der Waals surface area contributed by atoms with E-state index in [0.29, 0.717) is 12.3 Å². The van der Waals surface area contributed by atoms with Gasteiger partial charge < -0.3 is 10.2 Å². The lowest BCUT2D eigenvalue weighted by Gasteiger charge is -2.28. The fraction of sp³-hybridized carbons (Fsp3) is 0.364. The van der Waals surface area contributed by atoms with Crippen molar-refractivity contribution < 1.29 is 9.59 Å². The summed E-state index contributed by atoms with van der Waals surface area (Å²) in [7, 11) is 1.59. The predicted molar refractivity (Wildman–Crippen MR) is 120 cm³/mol. The van der Waals surface area contributed by atoms with Gasteiger partial charge in [0.15, 0.2) is 0 Å². The lowest BCUT2D eigenvalue weighted by Crippen LogP contribution is -2.47. The summed E-state index contributed by atoms with van der Waals surface area (Å²) in [4.78, 5) is 26.7. The number of nitrogens with one attached hydrogen (secondary N) is 1. The molecule has 0 spiro atoms. The highest BCUT2D eigenvalue weighted by Gasteiger charge is 2.25. The second-order valence-corrected chi connectivity index (χ2v) is 8.83. The lowest BCUT2D eigenvalue weighted by atomic mass is 10.1. The van der Waals surface area contributed by atoms with Gasteiger partial charge in [0.2, 0.25) is 11.8 Å². The number of halogens is 1. The normalized spacial score (nSPS) is 11.8. The van der Waals surface area contributed by atoms with E-state index in [1.54, 1.807) is 30.6 Å². The molecule has 0 saturated heterocycles. The summed E-state index contributed by atoms with van der Waals surface area (Å²) in [6.45, 7) is 6.33. The monoisotopic (exact) mass is 462 g/mol. The van der Waals surface area contributed by atoms with E-state index < -0.39 is 6.04 Å². The molecule has 0 aliphatic carbocycles. The van der Waals surface area contributed by atoms with E-state index in [1.165, 1.54) is 16.7 Å². The summed E-state index contributed by atoms with van der Waals surface area (Å²) in [5.74, 6) is 0.906. The Balaban J connectivity index is 2.06. The zero-order chi connectivity index (χ0) is 20.7. The molecule has 2 aromatic rings. The smallest absolute Gasteiger partial charge is 0.242 e. The molecule has 1 atom stereocenters. The zero-order valence-corrected chi connectivity index (χ0v) is 19.2. The molecule has 0 aliphatic rings. The number of hydrogen-bond acceptors (Lipinski definition) is 3.